The van der Waals surface area contributed by atoms with Gasteiger partial charge in [0.25, 0.3) is 0 Å². The van der Waals surface area contributed by atoms with Crippen molar-refractivity contribution in [3.05, 3.63) is 0 Å². The van der Waals surface area contributed by atoms with E-state index >= 15 is 0 Å². The summed E-state index contributed by atoms with van der Waals surface area (Å²) in [4.78, 5) is 96.4. The summed E-state index contributed by atoms with van der Waals surface area (Å²) in [6.07, 6.45) is -13.2. The average molecular weight is 679 g/mol. The number of ether oxygens (including phenoxy) is 11. The quantitative estimate of drug-likeness (QED) is 0.171. The van der Waals surface area contributed by atoms with Crippen LogP contribution in [-0.2, 0) is 90.5 Å². The molecule has 0 aromatic rings. The van der Waals surface area contributed by atoms with Crippen LogP contribution in [0.15, 0.2) is 0 Å². The van der Waals surface area contributed by atoms with Gasteiger partial charge >= 0.3 is 47.8 Å². The van der Waals surface area contributed by atoms with Gasteiger partial charge in [0.05, 0.1) is 0 Å². The molecule has 0 aliphatic carbocycles. The molecule has 0 aromatic carbocycles. The standard InChI is InChI=1S/C28H38O19/c1-12(29)37-9-20-22(40-15(4)32)24(42-17(6)34)25(43-18(7)35)27(45-20)47-28(11-39-14(3)31)26(44-19(8)36)23(41-16(5)33)21(46-28)10-38-13(2)30/h20-27H,9-11H2,1-8H3/t20?,21-,22?,23-,24?,25?,26+,27?,28+/m1/s1. The molecule has 0 bridgehead atoms. The Hall–Kier alpha value is -4.36. The second-order valence-electron chi connectivity index (χ2n) is 10.3. The van der Waals surface area contributed by atoms with Gasteiger partial charge in [0.1, 0.15) is 32.0 Å². The van der Waals surface area contributed by atoms with Crippen LogP contribution >= 0.6 is 0 Å². The zero-order valence-corrected chi connectivity index (χ0v) is 27.0. The van der Waals surface area contributed by atoms with Gasteiger partial charge in [-0.25, -0.2) is 0 Å². The number of carbonyl (C=O) groups is 8. The third-order valence-corrected chi connectivity index (χ3v) is 6.24. The lowest BCUT2D eigenvalue weighted by Crippen LogP contribution is -2.65. The maximum absolute atomic E-state index is 12.3. The van der Waals surface area contributed by atoms with Crippen molar-refractivity contribution in [2.75, 3.05) is 19.8 Å². The molecule has 19 nitrogen and oxygen atoms in total. The molecule has 0 saturated carbocycles. The van der Waals surface area contributed by atoms with Crippen molar-refractivity contribution in [2.24, 2.45) is 0 Å². The van der Waals surface area contributed by atoms with Crippen LogP contribution < -0.4 is 0 Å². The minimum absolute atomic E-state index is 0.588. The van der Waals surface area contributed by atoms with Gasteiger partial charge < -0.3 is 52.1 Å². The third kappa shape index (κ3) is 11.4. The molecule has 0 amide bonds. The molecule has 2 heterocycles. The van der Waals surface area contributed by atoms with Crippen LogP contribution in [0.5, 0.6) is 0 Å². The summed E-state index contributed by atoms with van der Waals surface area (Å²) < 4.78 is 60.5. The molecule has 2 saturated heterocycles. The largest absolute Gasteiger partial charge is 0.463 e. The highest BCUT2D eigenvalue weighted by molar-refractivity contribution is 5.69. The Labute approximate surface area is 268 Å². The van der Waals surface area contributed by atoms with Crippen LogP contribution in [0.4, 0.5) is 0 Å². The normalized spacial score (nSPS) is 29.8. The minimum Gasteiger partial charge on any atom is -0.463 e. The van der Waals surface area contributed by atoms with Crippen LogP contribution in [0.2, 0.25) is 0 Å². The molecule has 264 valence electrons. The fourth-order valence-electron chi connectivity index (χ4n) is 4.76. The molecule has 19 heteroatoms. The molecule has 2 aliphatic heterocycles. The molecule has 47 heavy (non-hydrogen) atoms. The molecular weight excluding hydrogens is 640 g/mol. The van der Waals surface area contributed by atoms with Crippen LogP contribution in [0, 0.1) is 0 Å². The first-order valence-electron chi connectivity index (χ1n) is 14.1. The van der Waals surface area contributed by atoms with Gasteiger partial charge in [-0.2, -0.15) is 0 Å². The van der Waals surface area contributed by atoms with E-state index in [9.17, 15) is 38.4 Å². The Morgan fingerprint density at radius 3 is 1.38 bits per heavy atom. The summed E-state index contributed by atoms with van der Waals surface area (Å²) in [6, 6.07) is 0. The lowest BCUT2D eigenvalue weighted by atomic mass is 9.97. The summed E-state index contributed by atoms with van der Waals surface area (Å²) >= 11 is 0. The van der Waals surface area contributed by atoms with Gasteiger partial charge in [0.2, 0.25) is 12.1 Å². The van der Waals surface area contributed by atoms with E-state index in [0.29, 0.717) is 0 Å². The van der Waals surface area contributed by atoms with Crippen LogP contribution in [0.25, 0.3) is 0 Å². The highest BCUT2D eigenvalue weighted by Crippen LogP contribution is 2.41. The van der Waals surface area contributed by atoms with E-state index in [4.69, 9.17) is 52.1 Å². The zero-order chi connectivity index (χ0) is 35.6. The Morgan fingerprint density at radius 2 is 0.915 bits per heavy atom. The lowest BCUT2D eigenvalue weighted by molar-refractivity contribution is -0.384. The molecule has 0 spiro atoms. The number of hydrogen-bond acceptors (Lipinski definition) is 19. The van der Waals surface area contributed by atoms with Crippen molar-refractivity contribution in [3.8, 4) is 0 Å². The van der Waals surface area contributed by atoms with E-state index in [-0.39, 0.29) is 0 Å². The van der Waals surface area contributed by atoms with E-state index in [1.807, 2.05) is 0 Å². The fraction of sp³-hybridized carbons (Fsp3) is 0.714. The average Bonchev–Trinajstić information content (AvgIpc) is 3.18. The van der Waals surface area contributed by atoms with E-state index in [1.165, 1.54) is 0 Å². The SMILES string of the molecule is CC(=O)OCC1OC(O[C@]2(COC(C)=O)O[C@H](COC(C)=O)[C@@H](OC(C)=O)[C@@H]2OC(C)=O)C(OC(C)=O)C(OC(C)=O)C1OC(C)=O. The zero-order valence-electron chi connectivity index (χ0n) is 27.0. The molecule has 2 fully saturated rings. The number of hydrogen-bond donors (Lipinski definition) is 0. The lowest BCUT2D eigenvalue weighted by Gasteiger charge is -2.46. The van der Waals surface area contributed by atoms with Crippen molar-refractivity contribution in [1.29, 1.82) is 0 Å². The van der Waals surface area contributed by atoms with Gasteiger partial charge in [-0.3, -0.25) is 38.4 Å². The topological polar surface area (TPSA) is 238 Å². The molecule has 0 radical (unpaired) electrons. The summed E-state index contributed by atoms with van der Waals surface area (Å²) in [5, 5.41) is 0. The maximum atomic E-state index is 12.3. The molecular formula is C28H38O19. The maximum Gasteiger partial charge on any atom is 0.303 e. The molecule has 0 aromatic heterocycles. The number of carbonyl (C=O) groups excluding carboxylic acids is 8. The Bertz CT molecular complexity index is 1210. The van der Waals surface area contributed by atoms with Crippen molar-refractivity contribution in [3.63, 3.8) is 0 Å². The summed E-state index contributed by atoms with van der Waals surface area (Å²) in [5.74, 6) is -9.54. The highest BCUT2D eigenvalue weighted by atomic mass is 16.8. The van der Waals surface area contributed by atoms with E-state index in [1.54, 1.807) is 0 Å². The molecule has 2 aliphatic rings. The summed E-state index contributed by atoms with van der Waals surface area (Å²) in [6.45, 7) is 6.12. The first kappa shape index (κ1) is 38.8. The van der Waals surface area contributed by atoms with Gasteiger partial charge in [-0.1, -0.05) is 0 Å². The molecule has 9 atom stereocenters. The van der Waals surface area contributed by atoms with E-state index in [2.05, 4.69) is 0 Å². The van der Waals surface area contributed by atoms with Gasteiger partial charge in [-0.05, 0) is 0 Å². The molecule has 2 rings (SSSR count). The Morgan fingerprint density at radius 1 is 0.489 bits per heavy atom. The first-order chi connectivity index (χ1) is 21.8. The van der Waals surface area contributed by atoms with Gasteiger partial charge in [0.15, 0.2) is 30.5 Å². The summed E-state index contributed by atoms with van der Waals surface area (Å²) in [5.41, 5.74) is 0. The Kier molecular flexibility index (Phi) is 14.0. The fourth-order valence-corrected chi connectivity index (χ4v) is 4.76. The van der Waals surface area contributed by atoms with Crippen molar-refractivity contribution < 1.29 is 90.5 Å². The second kappa shape index (κ2) is 17.0. The molecule has 5 unspecified atom stereocenters. The summed E-state index contributed by atoms with van der Waals surface area (Å²) in [7, 11) is 0. The van der Waals surface area contributed by atoms with Crippen LogP contribution in [-0.4, -0.2) is 122 Å². The first-order valence-corrected chi connectivity index (χ1v) is 14.1. The monoisotopic (exact) mass is 678 g/mol. The van der Waals surface area contributed by atoms with Gasteiger partial charge in [0, 0.05) is 55.4 Å². The Balaban J connectivity index is 2.78. The smallest absolute Gasteiger partial charge is 0.303 e. The van der Waals surface area contributed by atoms with E-state index in [0.717, 1.165) is 55.4 Å². The van der Waals surface area contributed by atoms with Crippen molar-refractivity contribution >= 4 is 47.8 Å². The predicted octanol–water partition coefficient (Wildman–Crippen LogP) is -0.829. The second-order valence-corrected chi connectivity index (χ2v) is 10.3. The van der Waals surface area contributed by atoms with Crippen molar-refractivity contribution in [2.45, 2.75) is 110 Å². The van der Waals surface area contributed by atoms with Crippen molar-refractivity contribution in [1.82, 2.24) is 0 Å². The van der Waals surface area contributed by atoms with Crippen LogP contribution in [0.1, 0.15) is 55.4 Å². The number of rotatable bonds is 13. The van der Waals surface area contributed by atoms with Gasteiger partial charge in [-0.15, -0.1) is 0 Å². The minimum atomic E-state index is -2.48. The van der Waals surface area contributed by atoms with Crippen LogP contribution in [0.3, 0.4) is 0 Å². The number of esters is 8. The third-order valence-electron chi connectivity index (χ3n) is 6.24. The highest BCUT2D eigenvalue weighted by Gasteiger charge is 2.65. The predicted molar refractivity (Wildman–Crippen MR) is 145 cm³/mol. The van der Waals surface area contributed by atoms with E-state index < -0.39 is 122 Å². The molecule has 0 N–H and O–H groups in total.